The van der Waals surface area contributed by atoms with Crippen molar-refractivity contribution in [2.45, 2.75) is 95.8 Å². The molecule has 164 valence electrons. The summed E-state index contributed by atoms with van der Waals surface area (Å²) >= 11 is 0. The second kappa shape index (κ2) is 8.70. The highest BCUT2D eigenvalue weighted by atomic mass is 16.2. The topological polar surface area (TPSA) is 61.4 Å². The molecular weight excluding hydrogens is 374 g/mol. The number of piperazine rings is 1. The molecule has 3 fully saturated rings. The Morgan fingerprint density at radius 2 is 1.77 bits per heavy atom. The van der Waals surface area contributed by atoms with Gasteiger partial charge in [0.15, 0.2) is 0 Å². The van der Waals surface area contributed by atoms with Crippen LogP contribution in [-0.4, -0.2) is 41.4 Å². The van der Waals surface area contributed by atoms with Gasteiger partial charge in [0.05, 0.1) is 0 Å². The maximum Gasteiger partial charge on any atom is 0.245 e. The molecule has 3 atom stereocenters. The van der Waals surface area contributed by atoms with Gasteiger partial charge < -0.3 is 15.5 Å². The first-order valence-electron chi connectivity index (χ1n) is 11.7. The smallest absolute Gasteiger partial charge is 0.245 e. The number of amides is 2. The van der Waals surface area contributed by atoms with Gasteiger partial charge in [0.1, 0.15) is 12.1 Å². The molecule has 0 unspecified atom stereocenters. The van der Waals surface area contributed by atoms with E-state index in [1.165, 1.54) is 43.2 Å². The normalized spacial score (nSPS) is 27.8. The quantitative estimate of drug-likeness (QED) is 0.779. The van der Waals surface area contributed by atoms with Gasteiger partial charge in [-0.25, -0.2) is 0 Å². The Morgan fingerprint density at radius 3 is 2.43 bits per heavy atom. The molecule has 2 amide bonds. The minimum Gasteiger partial charge on any atom is -0.342 e. The van der Waals surface area contributed by atoms with Crippen molar-refractivity contribution in [1.82, 2.24) is 15.5 Å². The SMILES string of the molecule is CC(C)(C)c1ccc(CN[C@H]2C[C@H]3C(=O)N[C@@H](CC4CCCCC4)C(=O)N3C2)cc1. The molecule has 0 aromatic heterocycles. The second-order valence-corrected chi connectivity index (χ2v) is 10.6. The van der Waals surface area contributed by atoms with Gasteiger partial charge in [0.25, 0.3) is 0 Å². The van der Waals surface area contributed by atoms with Crippen LogP contribution in [0.15, 0.2) is 24.3 Å². The molecule has 1 aromatic carbocycles. The highest BCUT2D eigenvalue weighted by molar-refractivity contribution is 5.97. The summed E-state index contributed by atoms with van der Waals surface area (Å²) in [4.78, 5) is 27.6. The zero-order valence-electron chi connectivity index (χ0n) is 18.7. The Kier molecular flexibility index (Phi) is 6.19. The minimum atomic E-state index is -0.319. The van der Waals surface area contributed by atoms with E-state index >= 15 is 0 Å². The number of hydrogen-bond donors (Lipinski definition) is 2. The average Bonchev–Trinajstić information content (AvgIpc) is 3.16. The van der Waals surface area contributed by atoms with Crippen molar-refractivity contribution in [1.29, 1.82) is 0 Å². The molecule has 0 bridgehead atoms. The summed E-state index contributed by atoms with van der Waals surface area (Å²) in [6.07, 6.45) is 7.73. The van der Waals surface area contributed by atoms with Gasteiger partial charge in [-0.1, -0.05) is 77.1 Å². The summed E-state index contributed by atoms with van der Waals surface area (Å²) < 4.78 is 0. The van der Waals surface area contributed by atoms with Gasteiger partial charge >= 0.3 is 0 Å². The van der Waals surface area contributed by atoms with Crippen LogP contribution in [0.1, 0.15) is 76.8 Å². The number of nitrogens with one attached hydrogen (secondary N) is 2. The van der Waals surface area contributed by atoms with Crippen LogP contribution in [0.5, 0.6) is 0 Å². The molecule has 1 aliphatic carbocycles. The Hall–Kier alpha value is -1.88. The van der Waals surface area contributed by atoms with Crippen LogP contribution in [-0.2, 0) is 21.5 Å². The average molecular weight is 412 g/mol. The molecule has 3 aliphatic rings. The first-order valence-corrected chi connectivity index (χ1v) is 11.7. The summed E-state index contributed by atoms with van der Waals surface area (Å²) in [6.45, 7) is 8.06. The third-order valence-electron chi connectivity index (χ3n) is 7.21. The molecule has 2 heterocycles. The minimum absolute atomic E-state index is 0.0363. The number of nitrogens with zero attached hydrogens (tertiary/aromatic N) is 1. The van der Waals surface area contributed by atoms with Gasteiger partial charge in [0.2, 0.25) is 11.8 Å². The fourth-order valence-corrected chi connectivity index (χ4v) is 5.31. The first-order chi connectivity index (χ1) is 14.3. The van der Waals surface area contributed by atoms with Gasteiger partial charge in [-0.2, -0.15) is 0 Å². The molecule has 0 radical (unpaired) electrons. The Labute approximate surface area is 181 Å². The zero-order valence-corrected chi connectivity index (χ0v) is 18.7. The predicted molar refractivity (Wildman–Crippen MR) is 119 cm³/mol. The third-order valence-corrected chi connectivity index (χ3v) is 7.21. The molecule has 2 N–H and O–H groups in total. The fourth-order valence-electron chi connectivity index (χ4n) is 5.31. The van der Waals surface area contributed by atoms with E-state index in [1.807, 2.05) is 4.90 Å². The lowest BCUT2D eigenvalue weighted by atomic mass is 9.84. The largest absolute Gasteiger partial charge is 0.342 e. The van der Waals surface area contributed by atoms with E-state index in [0.717, 1.165) is 13.0 Å². The van der Waals surface area contributed by atoms with Gasteiger partial charge in [-0.05, 0) is 35.3 Å². The molecular formula is C25H37N3O2. The van der Waals surface area contributed by atoms with E-state index < -0.39 is 0 Å². The summed E-state index contributed by atoms with van der Waals surface area (Å²) in [5.74, 6) is 0.746. The van der Waals surface area contributed by atoms with Crippen LogP contribution in [0.3, 0.4) is 0 Å². The summed E-state index contributed by atoms with van der Waals surface area (Å²) in [7, 11) is 0. The number of hydrogen-bond acceptors (Lipinski definition) is 3. The van der Waals surface area contributed by atoms with Crippen molar-refractivity contribution in [3.63, 3.8) is 0 Å². The first kappa shape index (κ1) is 21.4. The Bertz CT molecular complexity index is 762. The predicted octanol–water partition coefficient (Wildman–Crippen LogP) is 3.51. The number of rotatable bonds is 5. The van der Waals surface area contributed by atoms with E-state index in [-0.39, 0.29) is 35.4 Å². The molecule has 5 heteroatoms. The van der Waals surface area contributed by atoms with Crippen molar-refractivity contribution < 1.29 is 9.59 Å². The molecule has 2 saturated heterocycles. The van der Waals surface area contributed by atoms with E-state index in [2.05, 4.69) is 55.7 Å². The van der Waals surface area contributed by atoms with Crippen molar-refractivity contribution in [2.24, 2.45) is 5.92 Å². The summed E-state index contributed by atoms with van der Waals surface area (Å²) in [5, 5.41) is 6.62. The second-order valence-electron chi connectivity index (χ2n) is 10.6. The van der Waals surface area contributed by atoms with Gasteiger partial charge in [-0.3, -0.25) is 9.59 Å². The molecule has 0 spiro atoms. The van der Waals surface area contributed by atoms with Crippen LogP contribution in [0.2, 0.25) is 0 Å². The van der Waals surface area contributed by atoms with Gasteiger partial charge in [0, 0.05) is 19.1 Å². The van der Waals surface area contributed by atoms with Crippen LogP contribution in [0, 0.1) is 5.92 Å². The number of carbonyl (C=O) groups is 2. The van der Waals surface area contributed by atoms with E-state index in [4.69, 9.17) is 0 Å². The maximum atomic E-state index is 13.1. The zero-order chi connectivity index (χ0) is 21.3. The van der Waals surface area contributed by atoms with Crippen molar-refractivity contribution >= 4 is 11.8 Å². The fraction of sp³-hybridized carbons (Fsp3) is 0.680. The molecule has 1 aromatic rings. The molecule has 5 nitrogen and oxygen atoms in total. The molecule has 1 saturated carbocycles. The third kappa shape index (κ3) is 4.72. The summed E-state index contributed by atoms with van der Waals surface area (Å²) in [6, 6.07) is 8.28. The lowest BCUT2D eigenvalue weighted by Gasteiger charge is -2.36. The summed E-state index contributed by atoms with van der Waals surface area (Å²) in [5.41, 5.74) is 2.72. The highest BCUT2D eigenvalue weighted by Gasteiger charge is 2.46. The standard InChI is InChI=1S/C25H37N3O2/c1-25(2,3)19-11-9-18(10-12-19)15-26-20-14-22-23(29)27-21(24(30)28(22)16-20)13-17-7-5-4-6-8-17/h9-12,17,20-22,26H,4-8,13-16H2,1-3H3,(H,27,29)/t20-,21-,22-/m0/s1. The van der Waals surface area contributed by atoms with Crippen molar-refractivity contribution in [2.75, 3.05) is 6.54 Å². The van der Waals surface area contributed by atoms with Gasteiger partial charge in [-0.15, -0.1) is 0 Å². The number of benzene rings is 1. The molecule has 30 heavy (non-hydrogen) atoms. The maximum absolute atomic E-state index is 13.1. The van der Waals surface area contributed by atoms with E-state index in [1.54, 1.807) is 0 Å². The Balaban J connectivity index is 1.32. The Morgan fingerprint density at radius 1 is 1.07 bits per heavy atom. The monoisotopic (exact) mass is 411 g/mol. The van der Waals surface area contributed by atoms with Crippen LogP contribution >= 0.6 is 0 Å². The van der Waals surface area contributed by atoms with Crippen molar-refractivity contribution in [3.05, 3.63) is 35.4 Å². The lowest BCUT2D eigenvalue weighted by Crippen LogP contribution is -2.61. The number of fused-ring (bicyclic) bond motifs is 1. The highest BCUT2D eigenvalue weighted by Crippen LogP contribution is 2.30. The van der Waals surface area contributed by atoms with Crippen LogP contribution < -0.4 is 10.6 Å². The van der Waals surface area contributed by atoms with Crippen molar-refractivity contribution in [3.8, 4) is 0 Å². The van der Waals surface area contributed by atoms with E-state index in [9.17, 15) is 9.59 Å². The van der Waals surface area contributed by atoms with Crippen LogP contribution in [0.25, 0.3) is 0 Å². The van der Waals surface area contributed by atoms with E-state index in [0.29, 0.717) is 18.9 Å². The molecule has 4 rings (SSSR count). The number of carbonyl (C=O) groups excluding carboxylic acids is 2. The lowest BCUT2D eigenvalue weighted by molar-refractivity contribution is -0.147. The van der Waals surface area contributed by atoms with Crippen LogP contribution in [0.4, 0.5) is 0 Å². The molecule has 2 aliphatic heterocycles.